The van der Waals surface area contributed by atoms with E-state index in [1.54, 1.807) is 12.1 Å². The molecule has 26 heavy (non-hydrogen) atoms. The van der Waals surface area contributed by atoms with Crippen molar-refractivity contribution in [1.29, 1.82) is 0 Å². The molecule has 0 aromatic heterocycles. The highest BCUT2D eigenvalue weighted by Crippen LogP contribution is 2.36. The van der Waals surface area contributed by atoms with Crippen molar-refractivity contribution in [2.45, 2.75) is 32.6 Å². The van der Waals surface area contributed by atoms with Gasteiger partial charge < -0.3 is 9.47 Å². The van der Waals surface area contributed by atoms with E-state index in [0.717, 1.165) is 18.4 Å². The van der Waals surface area contributed by atoms with Crippen LogP contribution in [0.2, 0.25) is 15.1 Å². The lowest BCUT2D eigenvalue weighted by atomic mass is 10.1. The Hall–Kier alpha value is -1.75. The van der Waals surface area contributed by atoms with Crippen LogP contribution < -0.4 is 9.47 Å². The topological polar surface area (TPSA) is 52.6 Å². The molecular formula is C19H17Cl3O4. The summed E-state index contributed by atoms with van der Waals surface area (Å²) in [7, 11) is 0. The summed E-state index contributed by atoms with van der Waals surface area (Å²) in [5.74, 6) is -0.630. The number of aryl methyl sites for hydroxylation is 1. The number of rotatable bonds is 7. The molecule has 0 fully saturated rings. The van der Waals surface area contributed by atoms with Gasteiger partial charge in [0, 0.05) is 5.02 Å². The standard InChI is InChI=1S/C19H17Cl3O4/c1-2-5-12-6-3-4-7-16(12)25-17(23)8-9-18(24)26-19-14(21)10-13(20)11-15(19)22/h3-4,6-7,10-11H,2,5,8-9H2,1H3. The lowest BCUT2D eigenvalue weighted by molar-refractivity contribution is -0.140. The average molecular weight is 416 g/mol. The molecule has 0 spiro atoms. The lowest BCUT2D eigenvalue weighted by Gasteiger charge is -2.10. The maximum atomic E-state index is 12.0. The molecule has 2 rings (SSSR count). The van der Waals surface area contributed by atoms with Gasteiger partial charge in [0.2, 0.25) is 0 Å². The largest absolute Gasteiger partial charge is 0.426 e. The Balaban J connectivity index is 1.91. The number of esters is 2. The minimum atomic E-state index is -0.644. The van der Waals surface area contributed by atoms with Gasteiger partial charge in [-0.25, -0.2) is 0 Å². The molecule has 0 radical (unpaired) electrons. The van der Waals surface area contributed by atoms with Crippen LogP contribution in [-0.2, 0) is 16.0 Å². The molecule has 0 aliphatic rings. The van der Waals surface area contributed by atoms with E-state index < -0.39 is 11.9 Å². The molecule has 4 nitrogen and oxygen atoms in total. The molecule has 0 atom stereocenters. The molecule has 0 unspecified atom stereocenters. The summed E-state index contributed by atoms with van der Waals surface area (Å²) in [6.45, 7) is 2.04. The van der Waals surface area contributed by atoms with Crippen molar-refractivity contribution in [3.8, 4) is 11.5 Å². The number of hydrogen-bond donors (Lipinski definition) is 0. The average Bonchev–Trinajstić information content (AvgIpc) is 2.58. The lowest BCUT2D eigenvalue weighted by Crippen LogP contribution is -2.15. The zero-order chi connectivity index (χ0) is 19.1. The van der Waals surface area contributed by atoms with Gasteiger partial charge in [-0.15, -0.1) is 0 Å². The molecule has 0 bridgehead atoms. The number of hydrogen-bond acceptors (Lipinski definition) is 4. The first-order valence-corrected chi connectivity index (χ1v) is 9.18. The quantitative estimate of drug-likeness (QED) is 0.418. The normalized spacial score (nSPS) is 10.5. The van der Waals surface area contributed by atoms with Crippen LogP contribution in [0.4, 0.5) is 0 Å². The minimum absolute atomic E-state index is 0.0180. The van der Waals surface area contributed by atoms with E-state index in [0.29, 0.717) is 10.8 Å². The van der Waals surface area contributed by atoms with E-state index in [4.69, 9.17) is 44.3 Å². The van der Waals surface area contributed by atoms with Gasteiger partial charge >= 0.3 is 11.9 Å². The molecule has 0 N–H and O–H groups in total. The van der Waals surface area contributed by atoms with Crippen molar-refractivity contribution in [2.24, 2.45) is 0 Å². The molecule has 2 aromatic rings. The van der Waals surface area contributed by atoms with E-state index in [2.05, 4.69) is 0 Å². The van der Waals surface area contributed by atoms with Crippen molar-refractivity contribution >= 4 is 46.7 Å². The van der Waals surface area contributed by atoms with Gasteiger partial charge in [-0.05, 0) is 30.2 Å². The van der Waals surface area contributed by atoms with Gasteiger partial charge in [0.15, 0.2) is 5.75 Å². The fourth-order valence-corrected chi connectivity index (χ4v) is 3.14. The molecule has 0 aliphatic carbocycles. The third-order valence-electron chi connectivity index (χ3n) is 3.43. The third kappa shape index (κ3) is 5.90. The predicted octanol–water partition coefficient (Wildman–Crippen LogP) is 5.89. The molecule has 138 valence electrons. The zero-order valence-corrected chi connectivity index (χ0v) is 16.3. The minimum Gasteiger partial charge on any atom is -0.426 e. The van der Waals surface area contributed by atoms with Crippen molar-refractivity contribution in [1.82, 2.24) is 0 Å². The molecule has 0 amide bonds. The highest BCUT2D eigenvalue weighted by Gasteiger charge is 2.16. The Labute approximate surface area is 167 Å². The highest BCUT2D eigenvalue weighted by molar-refractivity contribution is 6.40. The van der Waals surface area contributed by atoms with E-state index in [-0.39, 0.29) is 28.6 Å². The second-order valence-electron chi connectivity index (χ2n) is 5.50. The summed E-state index contributed by atoms with van der Waals surface area (Å²) < 4.78 is 10.5. The van der Waals surface area contributed by atoms with Crippen LogP contribution in [0.1, 0.15) is 31.7 Å². The Morgan fingerprint density at radius 3 is 2.12 bits per heavy atom. The van der Waals surface area contributed by atoms with Crippen LogP contribution in [0, 0.1) is 0 Å². The summed E-state index contributed by atoms with van der Waals surface area (Å²) >= 11 is 17.7. The molecule has 0 heterocycles. The highest BCUT2D eigenvalue weighted by atomic mass is 35.5. The van der Waals surface area contributed by atoms with Crippen LogP contribution in [0.3, 0.4) is 0 Å². The molecule has 0 saturated carbocycles. The number of carbonyl (C=O) groups is 2. The van der Waals surface area contributed by atoms with E-state index in [1.165, 1.54) is 12.1 Å². The molecular weight excluding hydrogens is 399 g/mol. The molecule has 2 aromatic carbocycles. The number of para-hydroxylation sites is 1. The molecule has 0 aliphatic heterocycles. The van der Waals surface area contributed by atoms with Crippen LogP contribution >= 0.6 is 34.8 Å². The summed E-state index contributed by atoms with van der Waals surface area (Å²) in [4.78, 5) is 24.0. The van der Waals surface area contributed by atoms with Gasteiger partial charge in [-0.1, -0.05) is 66.3 Å². The van der Waals surface area contributed by atoms with Crippen molar-refractivity contribution < 1.29 is 19.1 Å². The second-order valence-corrected chi connectivity index (χ2v) is 6.76. The Morgan fingerprint density at radius 1 is 0.923 bits per heavy atom. The maximum Gasteiger partial charge on any atom is 0.311 e. The Morgan fingerprint density at radius 2 is 1.50 bits per heavy atom. The van der Waals surface area contributed by atoms with Gasteiger partial charge in [-0.2, -0.15) is 0 Å². The first-order chi connectivity index (χ1) is 12.4. The van der Waals surface area contributed by atoms with Crippen LogP contribution in [0.15, 0.2) is 36.4 Å². The smallest absolute Gasteiger partial charge is 0.311 e. The predicted molar refractivity (Wildman–Crippen MR) is 102 cm³/mol. The van der Waals surface area contributed by atoms with Gasteiger partial charge in [0.05, 0.1) is 22.9 Å². The van der Waals surface area contributed by atoms with Gasteiger partial charge in [0.25, 0.3) is 0 Å². The zero-order valence-electron chi connectivity index (χ0n) is 14.1. The fraction of sp³-hybridized carbons (Fsp3) is 0.263. The first kappa shape index (κ1) is 20.6. The Kier molecular flexibility index (Phi) is 7.76. The number of carbonyl (C=O) groups excluding carboxylic acids is 2. The summed E-state index contributed by atoms with van der Waals surface area (Å²) in [5.41, 5.74) is 0.950. The first-order valence-electron chi connectivity index (χ1n) is 8.04. The second kappa shape index (κ2) is 9.81. The van der Waals surface area contributed by atoms with E-state index >= 15 is 0 Å². The molecule has 7 heteroatoms. The van der Waals surface area contributed by atoms with Crippen LogP contribution in [-0.4, -0.2) is 11.9 Å². The Bertz CT molecular complexity index is 782. The third-order valence-corrected chi connectivity index (χ3v) is 4.21. The van der Waals surface area contributed by atoms with Crippen LogP contribution in [0.5, 0.6) is 11.5 Å². The van der Waals surface area contributed by atoms with E-state index in [1.807, 2.05) is 19.1 Å². The summed E-state index contributed by atoms with van der Waals surface area (Å²) in [5, 5.41) is 0.563. The van der Waals surface area contributed by atoms with Crippen LogP contribution in [0.25, 0.3) is 0 Å². The van der Waals surface area contributed by atoms with Crippen molar-refractivity contribution in [2.75, 3.05) is 0 Å². The monoisotopic (exact) mass is 414 g/mol. The fourth-order valence-electron chi connectivity index (χ4n) is 2.25. The summed E-state index contributed by atoms with van der Waals surface area (Å²) in [6, 6.07) is 10.1. The van der Waals surface area contributed by atoms with Crippen molar-refractivity contribution in [3.05, 3.63) is 57.0 Å². The number of ether oxygens (including phenoxy) is 2. The SMILES string of the molecule is CCCc1ccccc1OC(=O)CCC(=O)Oc1c(Cl)cc(Cl)cc1Cl. The number of halogens is 3. The number of benzene rings is 2. The van der Waals surface area contributed by atoms with E-state index in [9.17, 15) is 9.59 Å². The van der Waals surface area contributed by atoms with Gasteiger partial charge in [0.1, 0.15) is 5.75 Å². The molecule has 0 saturated heterocycles. The van der Waals surface area contributed by atoms with Crippen molar-refractivity contribution in [3.63, 3.8) is 0 Å². The summed E-state index contributed by atoms with van der Waals surface area (Å²) in [6.07, 6.45) is 1.45. The van der Waals surface area contributed by atoms with Gasteiger partial charge in [-0.3, -0.25) is 9.59 Å². The maximum absolute atomic E-state index is 12.0.